The molecule has 0 aromatic carbocycles. The van der Waals surface area contributed by atoms with Gasteiger partial charge < -0.3 is 5.39 Å². The fourth-order valence-corrected chi connectivity index (χ4v) is 0. The molecular formula is C4H16BNO. The predicted octanol–water partition coefficient (Wildman–Crippen LogP) is -1.19. The van der Waals surface area contributed by atoms with Crippen LogP contribution >= 0.6 is 0 Å². The summed E-state index contributed by atoms with van der Waals surface area (Å²) in [6.45, 7) is 6.18. The summed E-state index contributed by atoms with van der Waals surface area (Å²) in [6, 6.07) is 0. The quantitative estimate of drug-likeness (QED) is 0.330. The van der Waals surface area contributed by atoms with Crippen LogP contribution in [0.3, 0.4) is 0 Å². The van der Waals surface area contributed by atoms with Gasteiger partial charge in [-0.3, -0.25) is 4.84 Å². The molecule has 0 rings (SSSR count). The van der Waals surface area contributed by atoms with Crippen LogP contribution in [0.4, 0.5) is 0 Å². The van der Waals surface area contributed by atoms with Gasteiger partial charge in [-0.15, -0.1) is 0 Å². The minimum atomic E-state index is 0. The Morgan fingerprint density at radius 1 is 1.57 bits per heavy atom. The number of rotatable bonds is 1. The van der Waals surface area contributed by atoms with Crippen LogP contribution in [0, 0.1) is 0 Å². The van der Waals surface area contributed by atoms with Gasteiger partial charge in [-0.2, -0.15) is 0 Å². The lowest BCUT2D eigenvalue weighted by Crippen LogP contribution is -2.83. The fourth-order valence-electron chi connectivity index (χ4n) is 0. The Kier molecular flexibility index (Phi) is 2.33. The number of hydrogen-bond donors (Lipinski definition) is 1. The molecule has 0 aromatic rings. The zero-order chi connectivity index (χ0) is 5.91. The number of hydrogen-bond acceptors (Lipinski definition) is 1. The van der Waals surface area contributed by atoms with Crippen LogP contribution in [-0.2, 0) is 4.84 Å². The molecule has 0 saturated heterocycles. The molecule has 0 atom stereocenters. The molecule has 0 aliphatic carbocycles. The van der Waals surface area contributed by atoms with Gasteiger partial charge >= 0.3 is 0 Å². The van der Waals surface area contributed by atoms with Gasteiger partial charge in [0.05, 0.1) is 0 Å². The maximum atomic E-state index is 5.22. The van der Waals surface area contributed by atoms with E-state index in [1.165, 1.54) is 0 Å². The third kappa shape index (κ3) is 5.98. The Labute approximate surface area is 47.1 Å². The molecule has 0 heterocycles. The highest BCUT2D eigenvalue weighted by atomic mass is 16.7. The van der Waals surface area contributed by atoms with Crippen LogP contribution in [0.25, 0.3) is 0 Å². The van der Waals surface area contributed by atoms with Crippen LogP contribution in [-0.4, -0.2) is 13.6 Å². The largest absolute Gasteiger partial charge is 0.390 e. The molecule has 0 aliphatic heterocycles. The van der Waals surface area contributed by atoms with Gasteiger partial charge in [0.15, 0.2) is 7.98 Å². The fraction of sp³-hybridized carbons (Fsp3) is 1.00. The maximum absolute atomic E-state index is 5.22. The predicted molar refractivity (Wildman–Crippen MR) is 34.8 cm³/mol. The molecule has 3 heteroatoms. The van der Waals surface area contributed by atoms with Crippen molar-refractivity contribution in [1.82, 2.24) is 0 Å². The second-order valence-electron chi connectivity index (χ2n) is 2.23. The smallest absolute Gasteiger partial charge is 0.196 e. The summed E-state index contributed by atoms with van der Waals surface area (Å²) in [5.74, 6) is 0. The summed E-state index contributed by atoms with van der Waals surface area (Å²) < 4.78 is 0. The Bertz CT molecular complexity index is 54.5. The standard InChI is InChI=1S/C4H14BNO.H2/c1-4(2,3)7-6-5;/h6H2,1-3,5H3;1H/i;1+1. The minimum Gasteiger partial charge on any atom is -0.390 e. The van der Waals surface area contributed by atoms with Crippen molar-refractivity contribution >= 4 is 7.98 Å². The summed E-state index contributed by atoms with van der Waals surface area (Å²) in [5.41, 5.74) is 0.0573. The molecular weight excluding hydrogens is 88.9 g/mol. The SMILES string of the molecule is [2HH].[BH3-][NH2+]OC(C)(C)C. The summed E-state index contributed by atoms with van der Waals surface area (Å²) in [4.78, 5) is 5.22. The summed E-state index contributed by atoms with van der Waals surface area (Å²) in [5, 5.41) is 1.96. The first kappa shape index (κ1) is 6.98. The van der Waals surface area contributed by atoms with Crippen LogP contribution in [0.2, 0.25) is 0 Å². The Morgan fingerprint density at radius 3 is 2.00 bits per heavy atom. The molecule has 0 spiro atoms. The maximum Gasteiger partial charge on any atom is 0.196 e. The highest BCUT2D eigenvalue weighted by Gasteiger charge is 2.09. The van der Waals surface area contributed by atoms with Crippen LogP contribution in [0.5, 0.6) is 0 Å². The van der Waals surface area contributed by atoms with E-state index >= 15 is 0 Å². The molecule has 2 nitrogen and oxygen atoms in total. The Hall–Kier alpha value is -0.0151. The first-order valence-corrected chi connectivity index (χ1v) is 1.94. The molecule has 7 heavy (non-hydrogen) atoms. The monoisotopic (exact) mass is 106 g/mol. The van der Waals surface area contributed by atoms with E-state index in [0.717, 1.165) is 0 Å². The highest BCUT2D eigenvalue weighted by molar-refractivity contribution is 5.93. The molecule has 0 amide bonds. The first-order chi connectivity index (χ1) is 3.06. The lowest BCUT2D eigenvalue weighted by atomic mass is 10.2. The van der Waals surface area contributed by atoms with E-state index in [-0.39, 0.29) is 7.03 Å². The van der Waals surface area contributed by atoms with Crippen molar-refractivity contribution in [3.63, 3.8) is 0 Å². The van der Waals surface area contributed by atoms with Crippen LogP contribution < -0.4 is 5.39 Å². The molecule has 0 aliphatic rings. The highest BCUT2D eigenvalue weighted by Crippen LogP contribution is 1.99. The lowest BCUT2D eigenvalue weighted by molar-refractivity contribution is -0.811. The topological polar surface area (TPSA) is 25.8 Å². The summed E-state index contributed by atoms with van der Waals surface area (Å²) >= 11 is 0. The third-order valence-corrected chi connectivity index (χ3v) is 0.354. The van der Waals surface area contributed by atoms with E-state index in [4.69, 9.17) is 4.84 Å². The van der Waals surface area contributed by atoms with Crippen molar-refractivity contribution in [2.24, 2.45) is 0 Å². The van der Waals surface area contributed by atoms with Crippen molar-refractivity contribution in [1.29, 1.82) is 0 Å². The second-order valence-corrected chi connectivity index (χ2v) is 2.23. The first-order valence-electron chi connectivity index (χ1n) is 1.94. The van der Waals surface area contributed by atoms with Crippen LogP contribution in [0.15, 0.2) is 0 Å². The van der Waals surface area contributed by atoms with E-state index in [1.807, 2.05) is 5.39 Å². The molecule has 0 unspecified atom stereocenters. The molecule has 2 N–H and O–H groups in total. The summed E-state index contributed by atoms with van der Waals surface area (Å²) in [6.07, 6.45) is 0. The van der Waals surface area contributed by atoms with E-state index in [0.29, 0.717) is 7.98 Å². The van der Waals surface area contributed by atoms with Gasteiger partial charge in [0.2, 0.25) is 0 Å². The number of quaternary nitrogens is 1. The second kappa shape index (κ2) is 2.33. The van der Waals surface area contributed by atoms with E-state index in [1.54, 1.807) is 0 Å². The molecule has 0 fully saturated rings. The Balaban J connectivity index is 0. The summed E-state index contributed by atoms with van der Waals surface area (Å²) in [7, 11) is 0.337. The zero-order valence-corrected chi connectivity index (χ0v) is 4.49. The van der Waals surface area contributed by atoms with Gasteiger partial charge in [-0.05, 0) is 20.8 Å². The van der Waals surface area contributed by atoms with Gasteiger partial charge in [0, 0.05) is 1.43 Å². The van der Waals surface area contributed by atoms with Crippen LogP contribution in [0.1, 0.15) is 22.2 Å². The van der Waals surface area contributed by atoms with E-state index < -0.39 is 0 Å². The van der Waals surface area contributed by atoms with Gasteiger partial charge in [-0.1, -0.05) is 0 Å². The van der Waals surface area contributed by atoms with E-state index in [2.05, 4.69) is 20.8 Å². The average molecular weight is 106 g/mol. The molecule has 0 saturated carbocycles. The van der Waals surface area contributed by atoms with Crippen molar-refractivity contribution in [2.75, 3.05) is 0 Å². The van der Waals surface area contributed by atoms with Gasteiger partial charge in [0.1, 0.15) is 5.60 Å². The minimum absolute atomic E-state index is 0. The van der Waals surface area contributed by atoms with E-state index in [9.17, 15) is 0 Å². The zero-order valence-electron chi connectivity index (χ0n) is 4.49. The molecule has 0 radical (unpaired) electrons. The normalized spacial score (nSPS) is 12.0. The van der Waals surface area contributed by atoms with Crippen molar-refractivity contribution in [3.05, 3.63) is 0 Å². The lowest BCUT2D eigenvalue weighted by Gasteiger charge is -2.16. The van der Waals surface area contributed by atoms with Gasteiger partial charge in [0.25, 0.3) is 0 Å². The van der Waals surface area contributed by atoms with Crippen molar-refractivity contribution in [2.45, 2.75) is 26.4 Å². The third-order valence-electron chi connectivity index (χ3n) is 0.354. The number of nitrogens with two attached hydrogens (primary N) is 1. The molecule has 46 valence electrons. The van der Waals surface area contributed by atoms with Gasteiger partial charge in [-0.25, -0.2) is 0 Å². The molecule has 0 aromatic heterocycles. The van der Waals surface area contributed by atoms with Crippen molar-refractivity contribution in [3.8, 4) is 0 Å². The molecule has 0 bridgehead atoms. The Morgan fingerprint density at radius 2 is 2.00 bits per heavy atom. The van der Waals surface area contributed by atoms with Crippen molar-refractivity contribution < 1.29 is 11.7 Å². The average Bonchev–Trinajstić information content (AvgIpc) is 1.30.